The molecule has 0 saturated carbocycles. The number of amides is 1. The van der Waals surface area contributed by atoms with Crippen LogP contribution in [0.2, 0.25) is 0 Å². The second kappa shape index (κ2) is 10.3. The normalized spacial score (nSPS) is 15.4. The molecule has 33 heavy (non-hydrogen) atoms. The van der Waals surface area contributed by atoms with Crippen molar-refractivity contribution in [1.29, 1.82) is 0 Å². The topological polar surface area (TPSA) is 87.7 Å². The molecule has 0 spiro atoms. The van der Waals surface area contributed by atoms with Crippen LogP contribution in [-0.4, -0.2) is 46.7 Å². The Morgan fingerprint density at radius 2 is 1.70 bits per heavy atom. The van der Waals surface area contributed by atoms with Crippen molar-refractivity contribution < 1.29 is 17.9 Å². The third kappa shape index (κ3) is 5.71. The molecule has 1 saturated heterocycles. The van der Waals surface area contributed by atoms with E-state index in [9.17, 15) is 13.2 Å². The molecule has 7 nitrogen and oxygen atoms in total. The van der Waals surface area contributed by atoms with Crippen LogP contribution in [0.3, 0.4) is 0 Å². The fourth-order valence-electron chi connectivity index (χ4n) is 3.93. The monoisotopic (exact) mass is 467 g/mol. The molecule has 1 unspecified atom stereocenters. The fourth-order valence-corrected chi connectivity index (χ4v) is 5.19. The number of nitrogens with one attached hydrogen (secondary N) is 2. The van der Waals surface area contributed by atoms with Crippen LogP contribution >= 0.6 is 0 Å². The first-order chi connectivity index (χ1) is 16.0. The van der Waals surface area contributed by atoms with Gasteiger partial charge in [-0.05, 0) is 53.6 Å². The summed E-state index contributed by atoms with van der Waals surface area (Å²) in [6.45, 7) is 4.99. The third-order valence-corrected chi connectivity index (χ3v) is 7.20. The Morgan fingerprint density at radius 3 is 2.39 bits per heavy atom. The Labute approximate surface area is 194 Å². The number of hydrogen-bond acceptors (Lipinski definition) is 5. The Hall–Kier alpha value is -2.94. The highest BCUT2D eigenvalue weighted by Crippen LogP contribution is 2.21. The lowest BCUT2D eigenvalue weighted by Gasteiger charge is -2.29. The molecule has 174 valence electrons. The number of ether oxygens (including phenoxy) is 1. The van der Waals surface area contributed by atoms with Crippen molar-refractivity contribution in [2.24, 2.45) is 0 Å². The number of fused-ring (bicyclic) bond motifs is 1. The van der Waals surface area contributed by atoms with Crippen LogP contribution in [0.5, 0.6) is 0 Å². The number of hydrogen-bond donors (Lipinski definition) is 2. The number of carbonyl (C=O) groups is 1. The minimum atomic E-state index is -3.86. The van der Waals surface area contributed by atoms with Gasteiger partial charge in [-0.2, -0.15) is 4.72 Å². The Bertz CT molecular complexity index is 1210. The minimum absolute atomic E-state index is 0.143. The van der Waals surface area contributed by atoms with Crippen molar-refractivity contribution in [3.63, 3.8) is 0 Å². The molecular weight excluding hydrogens is 438 g/mol. The number of carbonyl (C=O) groups excluding carboxylic acids is 1. The predicted octanol–water partition coefficient (Wildman–Crippen LogP) is 3.76. The van der Waals surface area contributed by atoms with Gasteiger partial charge in [0.1, 0.15) is 6.04 Å². The lowest BCUT2D eigenvalue weighted by atomic mass is 10.1. The van der Waals surface area contributed by atoms with Gasteiger partial charge < -0.3 is 15.0 Å². The molecule has 0 radical (unpaired) electrons. The van der Waals surface area contributed by atoms with Gasteiger partial charge in [-0.25, -0.2) is 8.42 Å². The summed E-state index contributed by atoms with van der Waals surface area (Å²) in [4.78, 5) is 15.3. The van der Waals surface area contributed by atoms with E-state index in [0.29, 0.717) is 31.7 Å². The highest BCUT2D eigenvalue weighted by molar-refractivity contribution is 7.89. The summed E-state index contributed by atoms with van der Waals surface area (Å²) in [5.74, 6) is -0.375. The smallest absolute Gasteiger partial charge is 0.242 e. The van der Waals surface area contributed by atoms with Crippen LogP contribution < -0.4 is 14.9 Å². The maximum atomic E-state index is 13.0. The first-order valence-electron chi connectivity index (χ1n) is 11.2. The molecular formula is C25H29N3O4S. The maximum absolute atomic E-state index is 13.0. The standard InChI is InChI=1S/C25H29N3O4S/c1-2-5-24(27-33(30,31)23-13-8-19-6-3-4-7-20(19)18-23)25(29)26-21-9-11-22(12-10-21)28-14-16-32-17-15-28/h3-4,6-13,18,24,27H,2,5,14-17H2,1H3,(H,26,29). The van der Waals surface area contributed by atoms with E-state index in [1.54, 1.807) is 18.2 Å². The van der Waals surface area contributed by atoms with E-state index in [-0.39, 0.29) is 10.8 Å². The van der Waals surface area contributed by atoms with E-state index in [1.165, 1.54) is 0 Å². The second-order valence-electron chi connectivity index (χ2n) is 8.11. The molecule has 1 fully saturated rings. The molecule has 3 aromatic carbocycles. The van der Waals surface area contributed by atoms with E-state index in [2.05, 4.69) is 14.9 Å². The zero-order valence-electron chi connectivity index (χ0n) is 18.7. The van der Waals surface area contributed by atoms with Crippen LogP contribution in [0.15, 0.2) is 71.6 Å². The molecule has 1 heterocycles. The summed E-state index contributed by atoms with van der Waals surface area (Å²) < 4.78 is 34.0. The lowest BCUT2D eigenvalue weighted by Crippen LogP contribution is -2.43. The zero-order valence-corrected chi connectivity index (χ0v) is 19.5. The SMILES string of the molecule is CCCC(NS(=O)(=O)c1ccc2ccccc2c1)C(=O)Nc1ccc(N2CCOCC2)cc1. The number of sulfonamides is 1. The van der Waals surface area contributed by atoms with E-state index in [1.807, 2.05) is 55.5 Å². The molecule has 4 rings (SSSR count). The number of anilines is 2. The van der Waals surface area contributed by atoms with Crippen LogP contribution in [0.25, 0.3) is 10.8 Å². The van der Waals surface area contributed by atoms with Crippen LogP contribution in [0, 0.1) is 0 Å². The molecule has 8 heteroatoms. The predicted molar refractivity (Wildman–Crippen MR) is 131 cm³/mol. The maximum Gasteiger partial charge on any atom is 0.242 e. The summed E-state index contributed by atoms with van der Waals surface area (Å²) >= 11 is 0. The fraction of sp³-hybridized carbons (Fsp3) is 0.320. The summed E-state index contributed by atoms with van der Waals surface area (Å²) in [5.41, 5.74) is 1.70. The molecule has 1 aliphatic rings. The molecule has 0 bridgehead atoms. The molecule has 0 aromatic heterocycles. The summed E-state index contributed by atoms with van der Waals surface area (Å²) in [6.07, 6.45) is 1.05. The average molecular weight is 468 g/mol. The third-order valence-electron chi connectivity index (χ3n) is 5.73. The van der Waals surface area contributed by atoms with Crippen molar-refractivity contribution in [3.05, 3.63) is 66.7 Å². The van der Waals surface area contributed by atoms with Crippen molar-refractivity contribution >= 4 is 38.1 Å². The minimum Gasteiger partial charge on any atom is -0.378 e. The average Bonchev–Trinajstić information content (AvgIpc) is 2.84. The Balaban J connectivity index is 1.46. The largest absolute Gasteiger partial charge is 0.378 e. The van der Waals surface area contributed by atoms with E-state index >= 15 is 0 Å². The van der Waals surface area contributed by atoms with Gasteiger partial charge in [0.05, 0.1) is 18.1 Å². The first-order valence-corrected chi connectivity index (χ1v) is 12.7. The molecule has 0 aliphatic carbocycles. The van der Waals surface area contributed by atoms with Gasteiger partial charge in [-0.3, -0.25) is 4.79 Å². The van der Waals surface area contributed by atoms with Gasteiger partial charge in [0, 0.05) is 24.5 Å². The molecule has 3 aromatic rings. The van der Waals surface area contributed by atoms with Gasteiger partial charge in [0.15, 0.2) is 0 Å². The van der Waals surface area contributed by atoms with E-state index in [4.69, 9.17) is 4.74 Å². The lowest BCUT2D eigenvalue weighted by molar-refractivity contribution is -0.117. The summed E-state index contributed by atoms with van der Waals surface area (Å²) in [6, 6.07) is 19.2. The number of nitrogens with zero attached hydrogens (tertiary/aromatic N) is 1. The van der Waals surface area contributed by atoms with Crippen molar-refractivity contribution in [3.8, 4) is 0 Å². The van der Waals surface area contributed by atoms with E-state index < -0.39 is 16.1 Å². The van der Waals surface area contributed by atoms with Gasteiger partial charge in [0.25, 0.3) is 0 Å². The highest BCUT2D eigenvalue weighted by Gasteiger charge is 2.25. The van der Waals surface area contributed by atoms with Gasteiger partial charge in [-0.15, -0.1) is 0 Å². The Morgan fingerprint density at radius 1 is 1.00 bits per heavy atom. The molecule has 1 aliphatic heterocycles. The quantitative estimate of drug-likeness (QED) is 0.527. The van der Waals surface area contributed by atoms with Gasteiger partial charge in [0.2, 0.25) is 15.9 Å². The van der Waals surface area contributed by atoms with Crippen LogP contribution in [0.1, 0.15) is 19.8 Å². The zero-order chi connectivity index (χ0) is 23.3. The van der Waals surface area contributed by atoms with Gasteiger partial charge in [-0.1, -0.05) is 43.7 Å². The summed E-state index contributed by atoms with van der Waals surface area (Å²) in [5, 5.41) is 4.64. The van der Waals surface area contributed by atoms with Crippen molar-refractivity contribution in [2.75, 3.05) is 36.5 Å². The summed E-state index contributed by atoms with van der Waals surface area (Å²) in [7, 11) is -3.86. The Kier molecular flexibility index (Phi) is 7.27. The number of rotatable bonds is 8. The number of morpholine rings is 1. The molecule has 2 N–H and O–H groups in total. The van der Waals surface area contributed by atoms with E-state index in [0.717, 1.165) is 29.5 Å². The highest BCUT2D eigenvalue weighted by atomic mass is 32.2. The van der Waals surface area contributed by atoms with Gasteiger partial charge >= 0.3 is 0 Å². The van der Waals surface area contributed by atoms with Crippen LogP contribution in [0.4, 0.5) is 11.4 Å². The van der Waals surface area contributed by atoms with Crippen molar-refractivity contribution in [1.82, 2.24) is 4.72 Å². The van der Waals surface area contributed by atoms with Crippen molar-refractivity contribution in [2.45, 2.75) is 30.7 Å². The first kappa shape index (κ1) is 23.2. The number of benzene rings is 3. The van der Waals surface area contributed by atoms with Crippen LogP contribution in [-0.2, 0) is 19.6 Å². The molecule has 1 atom stereocenters. The molecule has 1 amide bonds. The second-order valence-corrected chi connectivity index (χ2v) is 9.82.